The van der Waals surface area contributed by atoms with Crippen LogP contribution < -0.4 is 0 Å². The summed E-state index contributed by atoms with van der Waals surface area (Å²) in [6.07, 6.45) is 1.60. The molecule has 0 aliphatic carbocycles. The van der Waals surface area contributed by atoms with E-state index in [0.717, 1.165) is 11.2 Å². The minimum absolute atomic E-state index is 0. The fourth-order valence-electron chi connectivity index (χ4n) is 2.26. The van der Waals surface area contributed by atoms with Crippen molar-refractivity contribution < 1.29 is 20.1 Å². The van der Waals surface area contributed by atoms with Crippen molar-refractivity contribution in [2.24, 2.45) is 0 Å². The SMILES string of the molecule is Cc1cc2c3ccc[c-]c3n3ncnc3c2s1.[Ir]. The predicted octanol–water partition coefficient (Wildman–Crippen LogP) is 3.20. The number of hydrogen-bond acceptors (Lipinski definition) is 3. The fourth-order valence-corrected chi connectivity index (χ4v) is 3.27. The summed E-state index contributed by atoms with van der Waals surface area (Å²) in [5, 5.41) is 6.72. The maximum Gasteiger partial charge on any atom is 0.170 e. The van der Waals surface area contributed by atoms with E-state index in [-0.39, 0.29) is 20.1 Å². The van der Waals surface area contributed by atoms with Crippen LogP contribution in [0.2, 0.25) is 0 Å². The molecule has 4 aromatic rings. The average molecular weight is 431 g/mol. The van der Waals surface area contributed by atoms with Gasteiger partial charge in [0.15, 0.2) is 5.65 Å². The molecule has 0 N–H and O–H groups in total. The van der Waals surface area contributed by atoms with Crippen molar-refractivity contribution in [2.45, 2.75) is 6.92 Å². The molecular weight excluding hydrogens is 422 g/mol. The van der Waals surface area contributed by atoms with E-state index in [9.17, 15) is 0 Å². The van der Waals surface area contributed by atoms with Gasteiger partial charge in [-0.05, 0) is 17.8 Å². The summed E-state index contributed by atoms with van der Waals surface area (Å²) in [5.74, 6) is 0. The van der Waals surface area contributed by atoms with Crippen LogP contribution in [0.25, 0.3) is 26.6 Å². The van der Waals surface area contributed by atoms with E-state index in [1.165, 1.54) is 20.3 Å². The van der Waals surface area contributed by atoms with Crippen LogP contribution in [0.3, 0.4) is 0 Å². The van der Waals surface area contributed by atoms with Gasteiger partial charge in [0.2, 0.25) is 0 Å². The summed E-state index contributed by atoms with van der Waals surface area (Å²) in [6, 6.07) is 11.5. The molecule has 0 unspecified atom stereocenters. The fraction of sp³-hybridized carbons (Fsp3) is 0.0769. The monoisotopic (exact) mass is 431 g/mol. The number of thiophene rings is 1. The maximum absolute atomic E-state index is 4.35. The molecule has 5 heteroatoms. The Morgan fingerprint density at radius 2 is 2.22 bits per heavy atom. The second-order valence-corrected chi connectivity index (χ2v) is 5.28. The molecule has 0 aliphatic heterocycles. The van der Waals surface area contributed by atoms with Gasteiger partial charge in [-0.25, -0.2) is 9.50 Å². The molecule has 4 rings (SSSR count). The number of pyridine rings is 1. The molecule has 0 saturated heterocycles. The molecule has 3 aromatic heterocycles. The van der Waals surface area contributed by atoms with E-state index in [4.69, 9.17) is 0 Å². The van der Waals surface area contributed by atoms with Gasteiger partial charge in [-0.2, -0.15) is 29.4 Å². The quantitative estimate of drug-likeness (QED) is 0.401. The van der Waals surface area contributed by atoms with Gasteiger partial charge in [-0.1, -0.05) is 6.07 Å². The van der Waals surface area contributed by atoms with E-state index in [1.807, 2.05) is 16.6 Å². The summed E-state index contributed by atoms with van der Waals surface area (Å²) in [6.45, 7) is 2.12. The third-order valence-electron chi connectivity index (χ3n) is 2.94. The molecular formula is C13H8IrN3S-. The molecule has 3 nitrogen and oxygen atoms in total. The Kier molecular flexibility index (Phi) is 2.70. The normalized spacial score (nSPS) is 11.2. The van der Waals surface area contributed by atoms with E-state index < -0.39 is 0 Å². The number of nitrogens with zero attached hydrogens (tertiary/aromatic N) is 3. The van der Waals surface area contributed by atoms with Crippen LogP contribution in [0.4, 0.5) is 0 Å². The van der Waals surface area contributed by atoms with Gasteiger partial charge in [0.25, 0.3) is 0 Å². The minimum atomic E-state index is 0. The zero-order chi connectivity index (χ0) is 11.4. The van der Waals surface area contributed by atoms with Crippen molar-refractivity contribution in [3.05, 3.63) is 41.5 Å². The zero-order valence-corrected chi connectivity index (χ0v) is 12.7. The maximum atomic E-state index is 4.35. The number of para-hydroxylation sites is 1. The number of hydrogen-bond donors (Lipinski definition) is 0. The summed E-state index contributed by atoms with van der Waals surface area (Å²) in [5.41, 5.74) is 1.92. The molecule has 1 radical (unpaired) electrons. The smallest absolute Gasteiger partial charge is 0.170 e. The number of aromatic nitrogens is 3. The second-order valence-electron chi connectivity index (χ2n) is 4.03. The molecule has 0 atom stereocenters. The number of benzene rings is 1. The van der Waals surface area contributed by atoms with E-state index in [1.54, 1.807) is 17.7 Å². The number of aryl methyl sites for hydroxylation is 1. The third-order valence-corrected chi connectivity index (χ3v) is 3.99. The predicted molar refractivity (Wildman–Crippen MR) is 69.4 cm³/mol. The molecule has 18 heavy (non-hydrogen) atoms. The zero-order valence-electron chi connectivity index (χ0n) is 9.47. The molecule has 0 bridgehead atoms. The molecule has 0 saturated carbocycles. The van der Waals surface area contributed by atoms with Crippen molar-refractivity contribution in [2.75, 3.05) is 0 Å². The summed E-state index contributed by atoms with van der Waals surface area (Å²) < 4.78 is 3.07. The first-order chi connectivity index (χ1) is 8.34. The summed E-state index contributed by atoms with van der Waals surface area (Å²) in [7, 11) is 0. The van der Waals surface area contributed by atoms with Gasteiger partial charge < -0.3 is 0 Å². The molecule has 0 aliphatic rings. The first-order valence-electron chi connectivity index (χ1n) is 5.37. The molecule has 3 heterocycles. The molecule has 0 spiro atoms. The largest absolute Gasteiger partial charge is 0.237 e. The van der Waals surface area contributed by atoms with Crippen LogP contribution in [0.15, 0.2) is 30.6 Å². The van der Waals surface area contributed by atoms with E-state index in [2.05, 4.69) is 35.2 Å². The summed E-state index contributed by atoms with van der Waals surface area (Å²) in [4.78, 5) is 5.65. The van der Waals surface area contributed by atoms with Crippen LogP contribution in [0, 0.1) is 13.0 Å². The number of rotatable bonds is 0. The van der Waals surface area contributed by atoms with Gasteiger partial charge in [0.1, 0.15) is 6.33 Å². The third kappa shape index (κ3) is 1.45. The molecule has 1 aromatic carbocycles. The minimum Gasteiger partial charge on any atom is -0.237 e. The van der Waals surface area contributed by atoms with Crippen molar-refractivity contribution >= 4 is 38.0 Å². The van der Waals surface area contributed by atoms with Crippen LogP contribution >= 0.6 is 11.3 Å². The van der Waals surface area contributed by atoms with Crippen LogP contribution in [-0.2, 0) is 20.1 Å². The topological polar surface area (TPSA) is 30.2 Å². The van der Waals surface area contributed by atoms with Crippen molar-refractivity contribution in [3.63, 3.8) is 0 Å². The Labute approximate surface area is 121 Å². The van der Waals surface area contributed by atoms with Crippen LogP contribution in [0.5, 0.6) is 0 Å². The van der Waals surface area contributed by atoms with Gasteiger partial charge in [0, 0.05) is 25.0 Å². The molecule has 0 fully saturated rings. The van der Waals surface area contributed by atoms with Crippen molar-refractivity contribution in [1.29, 1.82) is 0 Å². The van der Waals surface area contributed by atoms with Gasteiger partial charge >= 0.3 is 0 Å². The van der Waals surface area contributed by atoms with E-state index in [0.29, 0.717) is 0 Å². The Bertz CT molecular complexity index is 862. The van der Waals surface area contributed by atoms with Gasteiger partial charge in [0.05, 0.1) is 4.70 Å². The van der Waals surface area contributed by atoms with Crippen molar-refractivity contribution in [1.82, 2.24) is 14.6 Å². The Morgan fingerprint density at radius 1 is 1.33 bits per heavy atom. The Morgan fingerprint density at radius 3 is 3.11 bits per heavy atom. The molecule has 91 valence electrons. The average Bonchev–Trinajstić information content (AvgIpc) is 2.94. The first kappa shape index (κ1) is 11.8. The molecule has 0 amide bonds. The standard InChI is InChI=1S/C13H8N3S.Ir/c1-8-6-10-9-4-2-3-5-11(9)16-13(12(10)17-8)14-7-15-16;/h2-4,6-7H,1H3;/q-1;. The van der Waals surface area contributed by atoms with Crippen LogP contribution in [-0.4, -0.2) is 14.6 Å². The van der Waals surface area contributed by atoms with Gasteiger partial charge in [-0.15, -0.1) is 16.7 Å². The Hall–Kier alpha value is -1.29. The first-order valence-corrected chi connectivity index (χ1v) is 6.18. The van der Waals surface area contributed by atoms with Crippen LogP contribution in [0.1, 0.15) is 4.88 Å². The second kappa shape index (κ2) is 4.12. The summed E-state index contributed by atoms with van der Waals surface area (Å²) >= 11 is 1.76. The van der Waals surface area contributed by atoms with Gasteiger partial charge in [-0.3, -0.25) is 0 Å². The Balaban J connectivity index is 0.000001000. The number of fused-ring (bicyclic) bond motifs is 6. The van der Waals surface area contributed by atoms with E-state index >= 15 is 0 Å². The van der Waals surface area contributed by atoms with Crippen molar-refractivity contribution in [3.8, 4) is 0 Å².